The molecule has 0 saturated heterocycles. The fraction of sp³-hybridized carbons (Fsp3) is 0.188. The summed E-state index contributed by atoms with van der Waals surface area (Å²) in [5, 5.41) is 0.197. The minimum absolute atomic E-state index is 0.0521. The first-order valence-electron chi connectivity index (χ1n) is 6.67. The maximum atomic E-state index is 6.20. The number of benzene rings is 2. The number of rotatable bonds is 4. The Balaban J connectivity index is 1.91. The van der Waals surface area contributed by atoms with Crippen LogP contribution in [0.1, 0.15) is 17.7 Å². The van der Waals surface area contributed by atoms with Crippen LogP contribution in [0.5, 0.6) is 0 Å². The number of thioether (sulfide) groups is 1. The van der Waals surface area contributed by atoms with Crippen molar-refractivity contribution in [2.75, 3.05) is 0 Å². The molecule has 0 radical (unpaired) electrons. The minimum atomic E-state index is 0.0521. The lowest BCUT2D eigenvalue weighted by molar-refractivity contribution is 0.721. The van der Waals surface area contributed by atoms with Gasteiger partial charge in [0.05, 0.1) is 15.5 Å². The molecule has 0 aliphatic carbocycles. The van der Waals surface area contributed by atoms with Crippen molar-refractivity contribution in [1.82, 2.24) is 4.98 Å². The van der Waals surface area contributed by atoms with Crippen LogP contribution in [-0.2, 0) is 0 Å². The van der Waals surface area contributed by atoms with Crippen molar-refractivity contribution < 1.29 is 0 Å². The topological polar surface area (TPSA) is 38.9 Å². The van der Waals surface area contributed by atoms with Crippen molar-refractivity contribution in [2.45, 2.75) is 22.6 Å². The molecule has 2 unspecified atom stereocenters. The number of thiazole rings is 1. The number of nitrogens with zero attached hydrogens (tertiary/aromatic N) is 1. The van der Waals surface area contributed by atoms with E-state index in [0.717, 1.165) is 14.3 Å². The minimum Gasteiger partial charge on any atom is -0.327 e. The molecule has 0 bridgehead atoms. The Morgan fingerprint density at radius 1 is 1.19 bits per heavy atom. The van der Waals surface area contributed by atoms with Gasteiger partial charge in [-0.25, -0.2) is 4.98 Å². The Bertz CT molecular complexity index is 722. The molecule has 21 heavy (non-hydrogen) atoms. The second-order valence-electron chi connectivity index (χ2n) is 4.90. The van der Waals surface area contributed by atoms with E-state index in [4.69, 9.17) is 10.7 Å². The van der Waals surface area contributed by atoms with Crippen molar-refractivity contribution in [3.05, 3.63) is 58.6 Å². The zero-order valence-electron chi connectivity index (χ0n) is 11.5. The van der Waals surface area contributed by atoms with Gasteiger partial charge in [-0.2, -0.15) is 0 Å². The van der Waals surface area contributed by atoms with E-state index in [1.807, 2.05) is 31.2 Å². The van der Waals surface area contributed by atoms with Gasteiger partial charge in [0.2, 0.25) is 0 Å². The average Bonchev–Trinajstić information content (AvgIpc) is 2.87. The fourth-order valence-electron chi connectivity index (χ4n) is 2.17. The molecule has 2 nitrogen and oxygen atoms in total. The Morgan fingerprint density at radius 3 is 2.71 bits per heavy atom. The third-order valence-corrected chi connectivity index (χ3v) is 6.27. The van der Waals surface area contributed by atoms with Crippen LogP contribution in [0.2, 0.25) is 0 Å². The number of hydrogen-bond donors (Lipinski definition) is 1. The summed E-state index contributed by atoms with van der Waals surface area (Å²) < 4.78 is 3.37. The van der Waals surface area contributed by atoms with Gasteiger partial charge in [0.15, 0.2) is 4.34 Å². The van der Waals surface area contributed by atoms with E-state index in [1.165, 1.54) is 10.3 Å². The highest BCUT2D eigenvalue weighted by Crippen LogP contribution is 2.41. The number of nitrogens with two attached hydrogens (primary N) is 1. The molecular weight excluding hydrogens is 364 g/mol. The molecule has 3 aromatic rings. The average molecular weight is 379 g/mol. The third kappa shape index (κ3) is 3.48. The van der Waals surface area contributed by atoms with Gasteiger partial charge >= 0.3 is 0 Å². The summed E-state index contributed by atoms with van der Waals surface area (Å²) in [5.41, 5.74) is 8.49. The Hall–Kier alpha value is -0.880. The Kier molecular flexibility index (Phi) is 4.64. The summed E-state index contributed by atoms with van der Waals surface area (Å²) in [5.74, 6) is 0. The highest BCUT2D eigenvalue weighted by Gasteiger charge is 2.20. The van der Waals surface area contributed by atoms with E-state index >= 15 is 0 Å². The van der Waals surface area contributed by atoms with Crippen molar-refractivity contribution in [2.24, 2.45) is 5.73 Å². The first-order chi connectivity index (χ1) is 10.1. The molecule has 0 saturated carbocycles. The molecule has 1 aromatic heterocycles. The van der Waals surface area contributed by atoms with Gasteiger partial charge in [0.25, 0.3) is 0 Å². The van der Waals surface area contributed by atoms with Gasteiger partial charge in [-0.05, 0) is 36.8 Å². The second kappa shape index (κ2) is 6.48. The molecule has 0 spiro atoms. The fourth-order valence-corrected chi connectivity index (χ4v) is 4.92. The summed E-state index contributed by atoms with van der Waals surface area (Å²) in [6, 6.07) is 16.6. The van der Waals surface area contributed by atoms with Crippen molar-refractivity contribution in [1.29, 1.82) is 0 Å². The normalized spacial score (nSPS) is 14.2. The molecule has 0 aliphatic heterocycles. The first kappa shape index (κ1) is 15.0. The van der Waals surface area contributed by atoms with Crippen LogP contribution >= 0.6 is 39.0 Å². The van der Waals surface area contributed by atoms with E-state index in [0.29, 0.717) is 0 Å². The molecule has 3 rings (SSSR count). The van der Waals surface area contributed by atoms with E-state index in [-0.39, 0.29) is 11.3 Å². The van der Waals surface area contributed by atoms with Crippen LogP contribution in [0, 0.1) is 0 Å². The Labute approximate surface area is 140 Å². The second-order valence-corrected chi connectivity index (χ2v) is 8.24. The number of hydrogen-bond acceptors (Lipinski definition) is 4. The molecule has 0 aliphatic rings. The summed E-state index contributed by atoms with van der Waals surface area (Å²) in [4.78, 5) is 4.70. The van der Waals surface area contributed by atoms with Crippen molar-refractivity contribution in [3.63, 3.8) is 0 Å². The van der Waals surface area contributed by atoms with Crippen molar-refractivity contribution >= 4 is 49.2 Å². The van der Waals surface area contributed by atoms with E-state index < -0.39 is 0 Å². The van der Waals surface area contributed by atoms with Gasteiger partial charge in [0.1, 0.15) is 0 Å². The lowest BCUT2D eigenvalue weighted by atomic mass is 10.1. The zero-order chi connectivity index (χ0) is 14.8. The van der Waals surface area contributed by atoms with Crippen LogP contribution in [0.4, 0.5) is 0 Å². The predicted octanol–water partition coefficient (Wildman–Crippen LogP) is 5.24. The smallest absolute Gasteiger partial charge is 0.151 e. The van der Waals surface area contributed by atoms with Gasteiger partial charge < -0.3 is 5.73 Å². The zero-order valence-corrected chi connectivity index (χ0v) is 14.7. The quantitative estimate of drug-likeness (QED) is 0.630. The largest absolute Gasteiger partial charge is 0.327 e. The third-order valence-electron chi connectivity index (χ3n) is 3.16. The highest BCUT2D eigenvalue weighted by molar-refractivity contribution is 9.10. The number of para-hydroxylation sites is 1. The standard InChI is InChI=1S/C16H15BrN2S2/c1-10(18)15(11-5-4-6-12(17)9-11)21-16-19-13-7-2-3-8-14(13)20-16/h2-10,15H,18H2,1H3. The number of halogens is 1. The summed E-state index contributed by atoms with van der Waals surface area (Å²) >= 11 is 7.00. The lowest BCUT2D eigenvalue weighted by Crippen LogP contribution is -2.22. The summed E-state index contributed by atoms with van der Waals surface area (Å²) in [7, 11) is 0. The van der Waals surface area contributed by atoms with Crippen LogP contribution in [-0.4, -0.2) is 11.0 Å². The SMILES string of the molecule is CC(N)C(Sc1nc2ccccc2s1)c1cccc(Br)c1. The molecule has 2 aromatic carbocycles. The molecule has 2 N–H and O–H groups in total. The van der Waals surface area contributed by atoms with E-state index in [9.17, 15) is 0 Å². The van der Waals surface area contributed by atoms with Gasteiger partial charge in [-0.3, -0.25) is 0 Å². The maximum absolute atomic E-state index is 6.20. The Morgan fingerprint density at radius 2 is 2.00 bits per heavy atom. The predicted molar refractivity (Wildman–Crippen MR) is 96.0 cm³/mol. The molecular formula is C16H15BrN2S2. The molecule has 1 heterocycles. The van der Waals surface area contributed by atoms with Crippen molar-refractivity contribution in [3.8, 4) is 0 Å². The van der Waals surface area contributed by atoms with Gasteiger partial charge in [-0.15, -0.1) is 11.3 Å². The highest BCUT2D eigenvalue weighted by atomic mass is 79.9. The molecule has 0 amide bonds. The molecule has 2 atom stereocenters. The first-order valence-corrected chi connectivity index (χ1v) is 9.15. The maximum Gasteiger partial charge on any atom is 0.151 e. The van der Waals surface area contributed by atoms with Gasteiger partial charge in [-0.1, -0.05) is 52.0 Å². The molecule has 0 fully saturated rings. The summed E-state index contributed by atoms with van der Waals surface area (Å²) in [6.45, 7) is 2.05. The molecule has 108 valence electrons. The van der Waals surface area contributed by atoms with Gasteiger partial charge in [0, 0.05) is 10.5 Å². The number of fused-ring (bicyclic) bond motifs is 1. The summed E-state index contributed by atoms with van der Waals surface area (Å²) in [6.07, 6.45) is 0. The van der Waals surface area contributed by atoms with E-state index in [2.05, 4.69) is 40.2 Å². The van der Waals surface area contributed by atoms with Crippen LogP contribution in [0.25, 0.3) is 10.2 Å². The van der Waals surface area contributed by atoms with Crippen LogP contribution < -0.4 is 5.73 Å². The molecule has 5 heteroatoms. The monoisotopic (exact) mass is 378 g/mol. The van der Waals surface area contributed by atoms with Crippen LogP contribution in [0.15, 0.2) is 57.3 Å². The van der Waals surface area contributed by atoms with E-state index in [1.54, 1.807) is 23.1 Å². The van der Waals surface area contributed by atoms with Crippen LogP contribution in [0.3, 0.4) is 0 Å². The lowest BCUT2D eigenvalue weighted by Gasteiger charge is -2.19. The number of aromatic nitrogens is 1.